The summed E-state index contributed by atoms with van der Waals surface area (Å²) in [6.07, 6.45) is 5.13. The van der Waals surface area contributed by atoms with Gasteiger partial charge in [0, 0.05) is 0 Å². The lowest BCUT2D eigenvalue weighted by Gasteiger charge is -2.06. The molecule has 1 rings (SSSR count). The fourth-order valence-electron chi connectivity index (χ4n) is 1.55. The van der Waals surface area contributed by atoms with E-state index in [4.69, 9.17) is 0 Å². The topological polar surface area (TPSA) is 0 Å². The van der Waals surface area contributed by atoms with Crippen LogP contribution in [-0.2, 0) is 6.42 Å². The standard InChI is InChI=1S/C13H19/c1-4-5-6-9-13-10-7-8-11(2)12(13)3/h7-8H,4-6,9H2,1-3H3. The highest BCUT2D eigenvalue weighted by atomic mass is 14.0. The molecule has 0 heterocycles. The van der Waals surface area contributed by atoms with Gasteiger partial charge in [0.05, 0.1) is 0 Å². The Kier molecular flexibility index (Phi) is 4.01. The van der Waals surface area contributed by atoms with Gasteiger partial charge in [-0.25, -0.2) is 0 Å². The summed E-state index contributed by atoms with van der Waals surface area (Å²) >= 11 is 0. The van der Waals surface area contributed by atoms with Gasteiger partial charge in [0.2, 0.25) is 0 Å². The lowest BCUT2D eigenvalue weighted by atomic mass is 9.99. The van der Waals surface area contributed by atoms with E-state index in [1.165, 1.54) is 42.4 Å². The summed E-state index contributed by atoms with van der Waals surface area (Å²) in [4.78, 5) is 0. The Hall–Kier alpha value is -0.780. The van der Waals surface area contributed by atoms with E-state index in [1.807, 2.05) is 6.07 Å². The molecule has 0 amide bonds. The molecule has 1 aromatic carbocycles. The second-order valence-corrected chi connectivity index (χ2v) is 3.72. The highest BCUT2D eigenvalue weighted by Gasteiger charge is 1.99. The van der Waals surface area contributed by atoms with Crippen molar-refractivity contribution in [3.05, 3.63) is 34.9 Å². The van der Waals surface area contributed by atoms with E-state index >= 15 is 0 Å². The molecule has 0 saturated heterocycles. The monoisotopic (exact) mass is 175 g/mol. The molecule has 0 aliphatic heterocycles. The van der Waals surface area contributed by atoms with Crippen molar-refractivity contribution >= 4 is 0 Å². The highest BCUT2D eigenvalue weighted by Crippen LogP contribution is 2.14. The fourth-order valence-corrected chi connectivity index (χ4v) is 1.55. The van der Waals surface area contributed by atoms with Crippen molar-refractivity contribution in [3.63, 3.8) is 0 Å². The van der Waals surface area contributed by atoms with Gasteiger partial charge in [0.15, 0.2) is 0 Å². The Labute approximate surface area is 82.0 Å². The second kappa shape index (κ2) is 5.06. The van der Waals surface area contributed by atoms with Crippen LogP contribution in [0.3, 0.4) is 0 Å². The van der Waals surface area contributed by atoms with Crippen LogP contribution in [0.25, 0.3) is 0 Å². The maximum absolute atomic E-state index is 3.34. The number of unbranched alkanes of at least 4 members (excludes halogenated alkanes) is 2. The molecule has 0 atom stereocenters. The van der Waals surface area contributed by atoms with Crippen LogP contribution in [0.15, 0.2) is 12.1 Å². The van der Waals surface area contributed by atoms with E-state index < -0.39 is 0 Å². The zero-order chi connectivity index (χ0) is 9.68. The van der Waals surface area contributed by atoms with Gasteiger partial charge in [-0.1, -0.05) is 31.9 Å². The van der Waals surface area contributed by atoms with Crippen LogP contribution < -0.4 is 0 Å². The zero-order valence-electron chi connectivity index (χ0n) is 8.98. The largest absolute Gasteiger partial charge is 0.0654 e. The Bertz CT molecular complexity index is 261. The van der Waals surface area contributed by atoms with E-state index in [1.54, 1.807) is 0 Å². The van der Waals surface area contributed by atoms with E-state index in [2.05, 4.69) is 32.9 Å². The number of aryl methyl sites for hydroxylation is 2. The average Bonchev–Trinajstić information content (AvgIpc) is 2.13. The van der Waals surface area contributed by atoms with Gasteiger partial charge >= 0.3 is 0 Å². The Morgan fingerprint density at radius 2 is 2.00 bits per heavy atom. The molecule has 13 heavy (non-hydrogen) atoms. The lowest BCUT2D eigenvalue weighted by molar-refractivity contribution is 0.714. The third kappa shape index (κ3) is 2.87. The average molecular weight is 175 g/mol. The first-order valence-corrected chi connectivity index (χ1v) is 5.22. The molecule has 0 fully saturated rings. The third-order valence-corrected chi connectivity index (χ3v) is 2.67. The predicted molar refractivity (Wildman–Crippen MR) is 58.0 cm³/mol. The normalized spacial score (nSPS) is 10.4. The summed E-state index contributed by atoms with van der Waals surface area (Å²) in [5.74, 6) is 0. The van der Waals surface area contributed by atoms with Gasteiger partial charge in [0.25, 0.3) is 0 Å². The molecule has 0 aliphatic carbocycles. The van der Waals surface area contributed by atoms with Crippen molar-refractivity contribution in [2.75, 3.05) is 0 Å². The maximum Gasteiger partial charge on any atom is -0.0146 e. The summed E-state index contributed by atoms with van der Waals surface area (Å²) in [6, 6.07) is 7.52. The van der Waals surface area contributed by atoms with E-state index in [0.29, 0.717) is 0 Å². The summed E-state index contributed by atoms with van der Waals surface area (Å²) < 4.78 is 0. The molecule has 0 spiro atoms. The molecular formula is C13H19. The van der Waals surface area contributed by atoms with Gasteiger partial charge in [-0.15, -0.1) is 0 Å². The van der Waals surface area contributed by atoms with E-state index in [-0.39, 0.29) is 0 Å². The summed E-state index contributed by atoms with van der Waals surface area (Å²) in [6.45, 7) is 6.62. The molecule has 0 N–H and O–H groups in total. The van der Waals surface area contributed by atoms with Crippen LogP contribution in [0.1, 0.15) is 42.9 Å². The van der Waals surface area contributed by atoms with Crippen molar-refractivity contribution in [3.8, 4) is 0 Å². The Balaban J connectivity index is 2.61. The molecule has 0 saturated carbocycles. The molecule has 0 aliphatic rings. The van der Waals surface area contributed by atoms with Gasteiger partial charge in [0.1, 0.15) is 0 Å². The van der Waals surface area contributed by atoms with Crippen molar-refractivity contribution in [2.45, 2.75) is 46.5 Å². The number of hydrogen-bond acceptors (Lipinski definition) is 0. The Morgan fingerprint density at radius 1 is 1.23 bits per heavy atom. The van der Waals surface area contributed by atoms with Crippen LogP contribution in [0, 0.1) is 19.9 Å². The van der Waals surface area contributed by atoms with Crippen molar-refractivity contribution in [1.82, 2.24) is 0 Å². The van der Waals surface area contributed by atoms with E-state index in [9.17, 15) is 0 Å². The first-order valence-electron chi connectivity index (χ1n) is 5.22. The zero-order valence-corrected chi connectivity index (χ0v) is 8.98. The van der Waals surface area contributed by atoms with E-state index in [0.717, 1.165) is 0 Å². The molecule has 0 heteroatoms. The number of hydrogen-bond donors (Lipinski definition) is 0. The molecular weight excluding hydrogens is 156 g/mol. The maximum atomic E-state index is 3.34. The summed E-state index contributed by atoms with van der Waals surface area (Å²) in [5, 5.41) is 0. The van der Waals surface area contributed by atoms with Crippen LogP contribution >= 0.6 is 0 Å². The molecule has 1 radical (unpaired) electrons. The smallest absolute Gasteiger partial charge is 0.0146 e. The summed E-state index contributed by atoms with van der Waals surface area (Å²) in [7, 11) is 0. The van der Waals surface area contributed by atoms with Crippen LogP contribution in [0.2, 0.25) is 0 Å². The first-order chi connectivity index (χ1) is 6.25. The van der Waals surface area contributed by atoms with Crippen LogP contribution in [0.4, 0.5) is 0 Å². The second-order valence-electron chi connectivity index (χ2n) is 3.72. The fraction of sp³-hybridized carbons (Fsp3) is 0.538. The molecule has 0 bridgehead atoms. The molecule has 1 aromatic rings. The minimum absolute atomic E-state index is 1.20. The van der Waals surface area contributed by atoms with Crippen molar-refractivity contribution in [2.24, 2.45) is 0 Å². The van der Waals surface area contributed by atoms with Crippen molar-refractivity contribution < 1.29 is 0 Å². The molecule has 0 aromatic heterocycles. The Morgan fingerprint density at radius 3 is 2.69 bits per heavy atom. The number of benzene rings is 1. The van der Waals surface area contributed by atoms with Gasteiger partial charge in [-0.3, -0.25) is 0 Å². The van der Waals surface area contributed by atoms with Gasteiger partial charge < -0.3 is 0 Å². The SMILES string of the molecule is CCCCCc1[c]ccc(C)c1C. The molecule has 71 valence electrons. The van der Waals surface area contributed by atoms with Crippen molar-refractivity contribution in [1.29, 1.82) is 0 Å². The van der Waals surface area contributed by atoms with Crippen LogP contribution in [0.5, 0.6) is 0 Å². The minimum atomic E-state index is 1.20. The highest BCUT2D eigenvalue weighted by molar-refractivity contribution is 5.32. The predicted octanol–water partition coefficient (Wildman–Crippen LogP) is 3.84. The lowest BCUT2D eigenvalue weighted by Crippen LogP contribution is -1.92. The number of rotatable bonds is 4. The quantitative estimate of drug-likeness (QED) is 0.610. The molecule has 0 unspecified atom stereocenters. The minimum Gasteiger partial charge on any atom is -0.0654 e. The third-order valence-electron chi connectivity index (χ3n) is 2.67. The van der Waals surface area contributed by atoms with Gasteiger partial charge in [-0.05, 0) is 49.4 Å². The van der Waals surface area contributed by atoms with Crippen LogP contribution in [-0.4, -0.2) is 0 Å². The first kappa shape index (κ1) is 10.3. The summed E-state index contributed by atoms with van der Waals surface area (Å²) in [5.41, 5.74) is 4.23. The molecule has 0 nitrogen and oxygen atoms in total. The van der Waals surface area contributed by atoms with Gasteiger partial charge in [-0.2, -0.15) is 0 Å².